The van der Waals surface area contributed by atoms with E-state index in [1.165, 1.54) is 83.5 Å². The normalized spacial score (nSPS) is 12.0. The summed E-state index contributed by atoms with van der Waals surface area (Å²) < 4.78 is 19.2. The molecule has 7 heteroatoms. The maximum absolute atomic E-state index is 6.39. The Bertz CT molecular complexity index is 306. The van der Waals surface area contributed by atoms with Crippen LogP contribution in [0.15, 0.2) is 0 Å². The Balaban J connectivity index is 4.74. The minimum absolute atomic E-state index is 0.700. The maximum Gasteiger partial charge on any atom is 0.282 e. The van der Waals surface area contributed by atoms with Gasteiger partial charge in [0.05, 0.1) is 19.8 Å². The van der Waals surface area contributed by atoms with Crippen LogP contribution in [-0.2, 0) is 14.2 Å². The van der Waals surface area contributed by atoms with Crippen molar-refractivity contribution in [3.63, 3.8) is 0 Å². The highest BCUT2D eigenvalue weighted by molar-refractivity contribution is 7.80. The minimum Gasteiger partial charge on any atom is -0.327 e. The van der Waals surface area contributed by atoms with Gasteiger partial charge in [0.2, 0.25) is 0 Å². The number of thiol groups is 4. The van der Waals surface area contributed by atoms with E-state index in [0.29, 0.717) is 19.8 Å². The maximum atomic E-state index is 6.39. The highest BCUT2D eigenvalue weighted by Gasteiger charge is 2.33. The summed E-state index contributed by atoms with van der Waals surface area (Å²) in [6.07, 6.45) is 20.6. The predicted octanol–water partition coefficient (Wildman–Crippen LogP) is 8.43. The second-order valence-corrected chi connectivity index (χ2v) is 10.7. The highest BCUT2D eigenvalue weighted by Crippen LogP contribution is 2.26. The molecule has 0 radical (unpaired) electrons. The van der Waals surface area contributed by atoms with E-state index in [4.69, 9.17) is 14.2 Å². The number of hydrogen-bond acceptors (Lipinski definition) is 7. The number of hydrogen-bond donors (Lipinski definition) is 4. The summed E-state index contributed by atoms with van der Waals surface area (Å²) in [6, 6.07) is 0. The molecule has 0 unspecified atom stereocenters. The molecular formula is C26H54O3S4. The first kappa shape index (κ1) is 34.3. The third-order valence-corrected chi connectivity index (χ3v) is 7.03. The molecule has 0 saturated carbocycles. The average Bonchev–Trinajstić information content (AvgIpc) is 2.83. The number of unbranched alkanes of at least 4 members (excludes halogenated alkanes) is 13. The van der Waals surface area contributed by atoms with E-state index in [0.717, 1.165) is 55.1 Å². The number of ether oxygens (including phenoxy) is 3. The van der Waals surface area contributed by atoms with Crippen LogP contribution in [0.25, 0.3) is 0 Å². The van der Waals surface area contributed by atoms with E-state index in [1.807, 2.05) is 0 Å². The molecule has 0 fully saturated rings. The molecular weight excluding hydrogens is 489 g/mol. The summed E-state index contributed by atoms with van der Waals surface area (Å²) in [6.45, 7) is 2.10. The third-order valence-electron chi connectivity index (χ3n) is 5.76. The molecule has 3 nitrogen and oxygen atoms in total. The molecule has 0 aliphatic rings. The molecule has 0 amide bonds. The molecule has 0 aromatic rings. The Labute approximate surface area is 228 Å². The minimum atomic E-state index is -0.875. The topological polar surface area (TPSA) is 27.7 Å². The molecule has 200 valence electrons. The van der Waals surface area contributed by atoms with Gasteiger partial charge in [-0.05, 0) is 74.4 Å². The van der Waals surface area contributed by atoms with E-state index in [2.05, 4.69) is 50.5 Å². The molecule has 0 aromatic heterocycles. The van der Waals surface area contributed by atoms with Gasteiger partial charge in [-0.1, -0.05) is 57.8 Å². The Kier molecular flexibility index (Phi) is 28.9. The molecule has 0 spiro atoms. The Hall–Kier alpha value is 1.28. The Morgan fingerprint density at radius 3 is 0.939 bits per heavy atom. The quantitative estimate of drug-likeness (QED) is 0.0454. The van der Waals surface area contributed by atoms with Crippen LogP contribution in [-0.4, -0.2) is 48.8 Å². The lowest BCUT2D eigenvalue weighted by atomic mass is 10.1. The van der Waals surface area contributed by atoms with Crippen LogP contribution < -0.4 is 0 Å². The zero-order valence-corrected chi connectivity index (χ0v) is 24.8. The number of rotatable bonds is 28. The summed E-state index contributed by atoms with van der Waals surface area (Å²) >= 11 is 17.3. The van der Waals surface area contributed by atoms with Gasteiger partial charge in [-0.2, -0.15) is 50.5 Å². The molecule has 0 heterocycles. The molecule has 0 aromatic carbocycles. The molecule has 0 aliphatic heterocycles. The van der Waals surface area contributed by atoms with Crippen molar-refractivity contribution in [3.05, 3.63) is 0 Å². The monoisotopic (exact) mass is 542 g/mol. The standard InChI is InChI=1S/C26H54O3S4/c30-22-14-6-1-2-10-18-26(27-19-11-3-7-15-23-31,28-20-12-4-8-16-24-32)29-21-13-5-9-17-25-33/h30-33H,1-25H2. The van der Waals surface area contributed by atoms with Crippen LogP contribution in [0.2, 0.25) is 0 Å². The van der Waals surface area contributed by atoms with Crippen LogP contribution in [0.3, 0.4) is 0 Å². The molecule has 0 bridgehead atoms. The lowest BCUT2D eigenvalue weighted by molar-refractivity contribution is -0.384. The van der Waals surface area contributed by atoms with E-state index in [1.54, 1.807) is 0 Å². The fraction of sp³-hybridized carbons (Fsp3) is 1.00. The van der Waals surface area contributed by atoms with Crippen molar-refractivity contribution in [1.82, 2.24) is 0 Å². The van der Waals surface area contributed by atoms with Gasteiger partial charge in [0.25, 0.3) is 5.97 Å². The van der Waals surface area contributed by atoms with Gasteiger partial charge in [-0.15, -0.1) is 0 Å². The van der Waals surface area contributed by atoms with E-state index in [-0.39, 0.29) is 0 Å². The lowest BCUT2D eigenvalue weighted by Gasteiger charge is -2.34. The predicted molar refractivity (Wildman–Crippen MR) is 159 cm³/mol. The first-order valence-electron chi connectivity index (χ1n) is 13.6. The highest BCUT2D eigenvalue weighted by atomic mass is 32.1. The summed E-state index contributed by atoms with van der Waals surface area (Å²) in [5.74, 6) is 2.99. The fourth-order valence-electron chi connectivity index (χ4n) is 3.71. The first-order chi connectivity index (χ1) is 16.2. The van der Waals surface area contributed by atoms with Crippen molar-refractivity contribution >= 4 is 50.5 Å². The fourth-order valence-corrected chi connectivity index (χ4v) is 4.60. The van der Waals surface area contributed by atoms with Gasteiger partial charge in [-0.3, -0.25) is 0 Å². The van der Waals surface area contributed by atoms with Gasteiger partial charge in [0.1, 0.15) is 0 Å². The van der Waals surface area contributed by atoms with Crippen molar-refractivity contribution < 1.29 is 14.2 Å². The van der Waals surface area contributed by atoms with Gasteiger partial charge < -0.3 is 14.2 Å². The molecule has 0 aliphatic carbocycles. The zero-order chi connectivity index (χ0) is 24.3. The summed E-state index contributed by atoms with van der Waals surface area (Å²) in [4.78, 5) is 0. The summed E-state index contributed by atoms with van der Waals surface area (Å²) in [5.41, 5.74) is 0. The van der Waals surface area contributed by atoms with Crippen molar-refractivity contribution in [2.45, 2.75) is 122 Å². The largest absolute Gasteiger partial charge is 0.327 e. The summed E-state index contributed by atoms with van der Waals surface area (Å²) in [5, 5.41) is 0. The van der Waals surface area contributed by atoms with Crippen LogP contribution >= 0.6 is 50.5 Å². The van der Waals surface area contributed by atoms with Crippen LogP contribution in [0.5, 0.6) is 0 Å². The second kappa shape index (κ2) is 27.9. The molecule has 0 saturated heterocycles. The van der Waals surface area contributed by atoms with Crippen molar-refractivity contribution in [3.8, 4) is 0 Å². The van der Waals surface area contributed by atoms with Gasteiger partial charge >= 0.3 is 0 Å². The SMILES string of the molecule is SCCCCCCCC(OCCCCCCS)(OCCCCCCS)OCCCCCCS. The lowest BCUT2D eigenvalue weighted by Crippen LogP contribution is -2.40. The van der Waals surface area contributed by atoms with Gasteiger partial charge in [-0.25, -0.2) is 0 Å². The average molecular weight is 543 g/mol. The third kappa shape index (κ3) is 23.4. The molecule has 0 rings (SSSR count). The first-order valence-corrected chi connectivity index (χ1v) is 16.1. The van der Waals surface area contributed by atoms with Crippen molar-refractivity contribution in [2.75, 3.05) is 42.8 Å². The molecule has 0 N–H and O–H groups in total. The van der Waals surface area contributed by atoms with Crippen molar-refractivity contribution in [2.24, 2.45) is 0 Å². The van der Waals surface area contributed by atoms with Crippen LogP contribution in [0, 0.1) is 0 Å². The molecule has 33 heavy (non-hydrogen) atoms. The summed E-state index contributed by atoms with van der Waals surface area (Å²) in [7, 11) is 0. The molecule has 0 atom stereocenters. The van der Waals surface area contributed by atoms with Gasteiger partial charge in [0, 0.05) is 6.42 Å². The van der Waals surface area contributed by atoms with Crippen LogP contribution in [0.4, 0.5) is 0 Å². The van der Waals surface area contributed by atoms with E-state index < -0.39 is 5.97 Å². The Morgan fingerprint density at radius 1 is 0.333 bits per heavy atom. The van der Waals surface area contributed by atoms with Crippen LogP contribution in [0.1, 0.15) is 116 Å². The van der Waals surface area contributed by atoms with Crippen molar-refractivity contribution in [1.29, 1.82) is 0 Å². The zero-order valence-electron chi connectivity index (χ0n) is 21.2. The smallest absolute Gasteiger partial charge is 0.282 e. The van der Waals surface area contributed by atoms with E-state index >= 15 is 0 Å². The van der Waals surface area contributed by atoms with Gasteiger partial charge in [0.15, 0.2) is 0 Å². The Morgan fingerprint density at radius 2 is 0.606 bits per heavy atom. The second-order valence-electron chi connectivity index (χ2n) is 8.88. The van der Waals surface area contributed by atoms with E-state index in [9.17, 15) is 0 Å².